The highest BCUT2D eigenvalue weighted by Crippen LogP contribution is 2.75. The van der Waals surface area contributed by atoms with Crippen LogP contribution in [0.2, 0.25) is 0 Å². The first-order chi connectivity index (χ1) is 6.25. The van der Waals surface area contributed by atoms with Crippen LogP contribution in [0.15, 0.2) is 0 Å². The van der Waals surface area contributed by atoms with E-state index in [4.69, 9.17) is 104 Å². The van der Waals surface area contributed by atoms with Crippen molar-refractivity contribution in [2.45, 2.75) is 22.4 Å². The summed E-state index contributed by atoms with van der Waals surface area (Å²) in [5.41, 5.74) is 0. The van der Waals surface area contributed by atoms with Crippen molar-refractivity contribution >= 4 is 104 Å². The molecule has 0 bridgehead atoms. The smallest absolute Gasteiger partial charge is 0.211 e. The molecule has 1 rings (SSSR count). The number of rotatable bonds is 0. The molecule has 0 spiro atoms. The summed E-state index contributed by atoms with van der Waals surface area (Å²) in [4.78, 5) is 0. The van der Waals surface area contributed by atoms with E-state index in [-0.39, 0.29) is 0 Å². The topological polar surface area (TPSA) is 20.2 Å². The van der Waals surface area contributed by atoms with Crippen molar-refractivity contribution in [2.24, 2.45) is 0 Å². The zero-order chi connectivity index (χ0) is 12.5. The van der Waals surface area contributed by atoms with Gasteiger partial charge in [-0.05, 0) is 0 Å². The van der Waals surface area contributed by atoms with Crippen LogP contribution in [0.25, 0.3) is 0 Å². The van der Waals surface area contributed by atoms with Gasteiger partial charge in [0.1, 0.15) is 0 Å². The minimum atomic E-state index is -2.64. The molecular formula is C5HCl9O. The molecule has 0 amide bonds. The molecule has 1 aliphatic rings. The summed E-state index contributed by atoms with van der Waals surface area (Å²) in [5, 5.41) is 7.18. The molecule has 0 saturated heterocycles. The average Bonchev–Trinajstić information content (AvgIpc) is 2.04. The normalized spacial score (nSPS) is 34.0. The Labute approximate surface area is 131 Å². The van der Waals surface area contributed by atoms with Crippen LogP contribution in [0.4, 0.5) is 0 Å². The number of hydrogen-bond acceptors (Lipinski definition) is 1. The quantitative estimate of drug-likeness (QED) is 0.593. The Kier molecular flexibility index (Phi) is 3.94. The van der Waals surface area contributed by atoms with Crippen LogP contribution in [0.5, 0.6) is 0 Å². The largest absolute Gasteiger partial charge is 0.370 e. The molecular weight excluding hydrogens is 395 g/mol. The molecule has 0 heterocycles. The van der Waals surface area contributed by atoms with E-state index in [2.05, 4.69) is 0 Å². The average molecular weight is 396 g/mol. The van der Waals surface area contributed by atoms with Gasteiger partial charge >= 0.3 is 0 Å². The Morgan fingerprint density at radius 3 is 0.733 bits per heavy atom. The molecule has 1 saturated carbocycles. The summed E-state index contributed by atoms with van der Waals surface area (Å²) in [6.45, 7) is 0. The molecule has 10 heteroatoms. The van der Waals surface area contributed by atoms with Crippen molar-refractivity contribution in [1.29, 1.82) is 0 Å². The highest BCUT2D eigenvalue weighted by atomic mass is 35.6. The van der Waals surface area contributed by atoms with Crippen molar-refractivity contribution in [3.63, 3.8) is 0 Å². The Hall–Kier alpha value is 2.57. The van der Waals surface area contributed by atoms with Gasteiger partial charge in [-0.15, -0.1) is 0 Å². The van der Waals surface area contributed by atoms with E-state index in [0.29, 0.717) is 0 Å². The lowest BCUT2D eigenvalue weighted by atomic mass is 10.3. The molecule has 0 aliphatic heterocycles. The van der Waals surface area contributed by atoms with Crippen LogP contribution in [-0.2, 0) is 0 Å². The van der Waals surface area contributed by atoms with E-state index in [0.717, 1.165) is 0 Å². The number of halogens is 9. The first-order valence-corrected chi connectivity index (χ1v) is 6.58. The highest BCUT2D eigenvalue weighted by molar-refractivity contribution is 6.78. The van der Waals surface area contributed by atoms with Crippen LogP contribution >= 0.6 is 104 Å². The highest BCUT2D eigenvalue weighted by Gasteiger charge is 2.88. The second-order valence-electron chi connectivity index (χ2n) is 2.92. The third kappa shape index (κ3) is 1.55. The van der Waals surface area contributed by atoms with Gasteiger partial charge in [-0.25, -0.2) is 0 Å². The first kappa shape index (κ1) is 15.6. The maximum atomic E-state index is 9.82. The van der Waals surface area contributed by atoms with Gasteiger partial charge in [0.2, 0.25) is 5.06 Å². The van der Waals surface area contributed by atoms with Gasteiger partial charge in [0, 0.05) is 0 Å². The van der Waals surface area contributed by atoms with Crippen molar-refractivity contribution in [3.8, 4) is 0 Å². The van der Waals surface area contributed by atoms with E-state index in [1.807, 2.05) is 0 Å². The van der Waals surface area contributed by atoms with E-state index in [1.54, 1.807) is 0 Å². The summed E-state index contributed by atoms with van der Waals surface area (Å²) in [6.07, 6.45) is 0. The molecule has 1 nitrogen and oxygen atoms in total. The van der Waals surface area contributed by atoms with Crippen LogP contribution in [0.3, 0.4) is 0 Å². The van der Waals surface area contributed by atoms with E-state index in [9.17, 15) is 5.11 Å². The van der Waals surface area contributed by atoms with E-state index in [1.165, 1.54) is 0 Å². The van der Waals surface area contributed by atoms with Gasteiger partial charge in [-0.3, -0.25) is 0 Å². The molecule has 0 aromatic carbocycles. The first-order valence-electron chi connectivity index (χ1n) is 3.17. The molecule has 1 aliphatic carbocycles. The lowest BCUT2D eigenvalue weighted by molar-refractivity contribution is 0.119. The fraction of sp³-hybridized carbons (Fsp3) is 1.00. The van der Waals surface area contributed by atoms with Crippen molar-refractivity contribution < 1.29 is 5.11 Å². The number of aliphatic hydroxyl groups is 1. The molecule has 15 heavy (non-hydrogen) atoms. The van der Waals surface area contributed by atoms with Crippen LogP contribution in [0, 0.1) is 0 Å². The summed E-state index contributed by atoms with van der Waals surface area (Å²) < 4.78 is -9.33. The van der Waals surface area contributed by atoms with Gasteiger partial charge < -0.3 is 5.11 Å². The van der Waals surface area contributed by atoms with Crippen molar-refractivity contribution in [2.75, 3.05) is 0 Å². The fourth-order valence-corrected chi connectivity index (χ4v) is 4.31. The Morgan fingerprint density at radius 2 is 0.667 bits per heavy atom. The predicted octanol–water partition coefficient (Wildman–Crippen LogP) is 4.62. The van der Waals surface area contributed by atoms with Gasteiger partial charge in [-0.1, -0.05) is 104 Å². The SMILES string of the molecule is OC1(Cl)C(Cl)(Cl)C(Cl)(Cl)C(Cl)(Cl)C1(Cl)Cl. The van der Waals surface area contributed by atoms with Crippen LogP contribution in [-0.4, -0.2) is 27.5 Å². The predicted molar refractivity (Wildman–Crippen MR) is 68.6 cm³/mol. The molecule has 0 aromatic heterocycles. The summed E-state index contributed by atoms with van der Waals surface area (Å²) >= 11 is 51.4. The molecule has 0 aromatic rings. The number of alkyl halides is 9. The van der Waals surface area contributed by atoms with E-state index >= 15 is 0 Å². The Balaban J connectivity index is 3.55. The second kappa shape index (κ2) is 3.79. The van der Waals surface area contributed by atoms with Gasteiger partial charge in [-0.2, -0.15) is 0 Å². The van der Waals surface area contributed by atoms with E-state index < -0.39 is 22.4 Å². The lowest BCUT2D eigenvalue weighted by Gasteiger charge is -2.33. The summed E-state index contributed by atoms with van der Waals surface area (Å²) in [5.74, 6) is 0. The lowest BCUT2D eigenvalue weighted by Crippen LogP contribution is -2.50. The Morgan fingerprint density at radius 1 is 0.467 bits per heavy atom. The third-order valence-electron chi connectivity index (χ3n) is 2.02. The Bertz CT molecular complexity index is 203. The number of hydrogen-bond donors (Lipinski definition) is 1. The standard InChI is InChI=1S/C5HCl9O/c6-1(7)2(8,9)4(12,13)5(14,15)3(1,10)11/h15H. The zero-order valence-corrected chi connectivity index (χ0v) is 13.2. The fourth-order valence-electron chi connectivity index (χ4n) is 1.01. The molecule has 1 N–H and O–H groups in total. The summed E-state index contributed by atoms with van der Waals surface area (Å²) in [7, 11) is 0. The third-order valence-corrected chi connectivity index (χ3v) is 8.63. The van der Waals surface area contributed by atoms with Gasteiger partial charge in [0.15, 0.2) is 17.3 Å². The molecule has 90 valence electrons. The molecule has 0 unspecified atom stereocenters. The van der Waals surface area contributed by atoms with Gasteiger partial charge in [0.05, 0.1) is 0 Å². The maximum absolute atomic E-state index is 9.82. The van der Waals surface area contributed by atoms with Crippen molar-refractivity contribution in [3.05, 3.63) is 0 Å². The van der Waals surface area contributed by atoms with Crippen LogP contribution < -0.4 is 0 Å². The minimum Gasteiger partial charge on any atom is -0.370 e. The molecule has 1 fully saturated rings. The van der Waals surface area contributed by atoms with Crippen LogP contribution in [0.1, 0.15) is 0 Å². The zero-order valence-electron chi connectivity index (χ0n) is 6.35. The molecule has 0 radical (unpaired) electrons. The monoisotopic (exact) mass is 392 g/mol. The summed E-state index contributed by atoms with van der Waals surface area (Å²) in [6, 6.07) is 0. The molecule has 0 atom stereocenters. The van der Waals surface area contributed by atoms with Gasteiger partial charge in [0.25, 0.3) is 0 Å². The van der Waals surface area contributed by atoms with Crippen molar-refractivity contribution in [1.82, 2.24) is 0 Å². The second-order valence-corrected chi connectivity index (χ2v) is 8.78. The minimum absolute atomic E-state index is 2.29. The maximum Gasteiger partial charge on any atom is 0.211 e.